The number of anilines is 1. The van der Waals surface area contributed by atoms with Gasteiger partial charge in [0, 0.05) is 12.5 Å². The average molecular weight is 371 g/mol. The topological polar surface area (TPSA) is 40.6 Å². The molecule has 5 heteroatoms. The minimum atomic E-state index is -3.58. The molecular formula is C21H26N2O2S. The van der Waals surface area contributed by atoms with Gasteiger partial charge in [0.2, 0.25) is 0 Å². The zero-order valence-corrected chi connectivity index (χ0v) is 16.7. The number of fused-ring (bicyclic) bond motifs is 3. The predicted octanol–water partition coefficient (Wildman–Crippen LogP) is 3.61. The van der Waals surface area contributed by atoms with Crippen molar-refractivity contribution in [2.45, 2.75) is 44.0 Å². The third kappa shape index (κ3) is 2.65. The summed E-state index contributed by atoms with van der Waals surface area (Å²) in [6.07, 6.45) is 0.860. The number of benzene rings is 2. The monoisotopic (exact) mass is 370 g/mol. The Balaban J connectivity index is 1.86. The van der Waals surface area contributed by atoms with Crippen molar-refractivity contribution in [1.82, 2.24) is 4.90 Å². The third-order valence-electron chi connectivity index (χ3n) is 5.94. The van der Waals surface area contributed by atoms with Crippen LogP contribution < -0.4 is 4.31 Å². The molecule has 2 aliphatic heterocycles. The molecule has 0 aliphatic carbocycles. The number of hydrogen-bond donors (Lipinski definition) is 0. The Morgan fingerprint density at radius 3 is 2.50 bits per heavy atom. The van der Waals surface area contributed by atoms with Crippen LogP contribution in [0.4, 0.5) is 5.69 Å². The number of likely N-dealkylation sites (tertiary alicyclic amines) is 1. The Kier molecular flexibility index (Phi) is 4.12. The summed E-state index contributed by atoms with van der Waals surface area (Å²) in [5.41, 5.74) is 5.34. The van der Waals surface area contributed by atoms with Gasteiger partial charge in [-0.2, -0.15) is 0 Å². The molecule has 138 valence electrons. The first kappa shape index (κ1) is 17.6. The molecule has 1 fully saturated rings. The second kappa shape index (κ2) is 6.10. The van der Waals surface area contributed by atoms with Crippen LogP contribution in [0.25, 0.3) is 0 Å². The highest BCUT2D eigenvalue weighted by Gasteiger charge is 2.46. The highest BCUT2D eigenvalue weighted by atomic mass is 32.2. The van der Waals surface area contributed by atoms with Gasteiger partial charge in [0.25, 0.3) is 10.0 Å². The summed E-state index contributed by atoms with van der Waals surface area (Å²) in [7, 11) is -1.46. The van der Waals surface area contributed by atoms with Gasteiger partial charge in [0.05, 0.1) is 16.6 Å². The Morgan fingerprint density at radius 2 is 1.77 bits per heavy atom. The molecule has 2 aromatic rings. The molecular weight excluding hydrogens is 344 g/mol. The summed E-state index contributed by atoms with van der Waals surface area (Å²) >= 11 is 0. The molecule has 26 heavy (non-hydrogen) atoms. The molecule has 0 spiro atoms. The first-order valence-corrected chi connectivity index (χ1v) is 10.6. The van der Waals surface area contributed by atoms with E-state index < -0.39 is 10.0 Å². The number of hydrogen-bond acceptors (Lipinski definition) is 3. The van der Waals surface area contributed by atoms with Crippen LogP contribution >= 0.6 is 0 Å². The maximum atomic E-state index is 13.6. The Hall–Kier alpha value is -1.85. The van der Waals surface area contributed by atoms with Gasteiger partial charge in [0.1, 0.15) is 0 Å². The molecule has 0 radical (unpaired) electrons. The minimum Gasteiger partial charge on any atom is -0.306 e. The number of rotatable bonds is 2. The molecule has 0 saturated carbocycles. The molecule has 2 aromatic carbocycles. The summed E-state index contributed by atoms with van der Waals surface area (Å²) in [6.45, 7) is 7.87. The number of piperidine rings is 1. The van der Waals surface area contributed by atoms with E-state index in [1.807, 2.05) is 32.0 Å². The van der Waals surface area contributed by atoms with Gasteiger partial charge >= 0.3 is 0 Å². The van der Waals surface area contributed by atoms with Crippen LogP contribution in [0.3, 0.4) is 0 Å². The zero-order valence-electron chi connectivity index (χ0n) is 15.9. The summed E-state index contributed by atoms with van der Waals surface area (Å²) in [6, 6.07) is 11.6. The third-order valence-corrected chi connectivity index (χ3v) is 7.77. The van der Waals surface area contributed by atoms with E-state index in [0.717, 1.165) is 36.3 Å². The van der Waals surface area contributed by atoms with Crippen LogP contribution in [0.2, 0.25) is 0 Å². The molecule has 2 heterocycles. The Labute approximate surface area is 156 Å². The summed E-state index contributed by atoms with van der Waals surface area (Å²) in [5, 5.41) is 0. The fourth-order valence-corrected chi connectivity index (χ4v) is 6.16. The van der Waals surface area contributed by atoms with Crippen molar-refractivity contribution in [2.24, 2.45) is 0 Å². The normalized spacial score (nSPS) is 23.0. The van der Waals surface area contributed by atoms with E-state index >= 15 is 0 Å². The van der Waals surface area contributed by atoms with Crippen molar-refractivity contribution in [3.05, 3.63) is 58.7 Å². The maximum Gasteiger partial charge on any atom is 0.264 e. The van der Waals surface area contributed by atoms with E-state index in [-0.39, 0.29) is 12.0 Å². The maximum absolute atomic E-state index is 13.6. The molecule has 0 bridgehead atoms. The number of aryl methyl sites for hydroxylation is 3. The van der Waals surface area contributed by atoms with E-state index in [2.05, 4.69) is 24.9 Å². The van der Waals surface area contributed by atoms with E-state index in [9.17, 15) is 8.42 Å². The average Bonchev–Trinajstić information content (AvgIpc) is 2.91. The van der Waals surface area contributed by atoms with Crippen molar-refractivity contribution >= 4 is 15.7 Å². The number of nitrogens with zero attached hydrogens (tertiary/aromatic N) is 2. The van der Waals surface area contributed by atoms with E-state index in [0.29, 0.717) is 4.90 Å². The van der Waals surface area contributed by atoms with Gasteiger partial charge in [-0.3, -0.25) is 4.31 Å². The minimum absolute atomic E-state index is 0.00890. The largest absolute Gasteiger partial charge is 0.306 e. The van der Waals surface area contributed by atoms with Gasteiger partial charge in [-0.1, -0.05) is 23.8 Å². The van der Waals surface area contributed by atoms with E-state index in [1.54, 1.807) is 16.4 Å². The fourth-order valence-electron chi connectivity index (χ4n) is 4.33. The first-order chi connectivity index (χ1) is 12.3. The molecule has 0 N–H and O–H groups in total. The lowest BCUT2D eigenvalue weighted by Gasteiger charge is -2.36. The van der Waals surface area contributed by atoms with Crippen LogP contribution in [0.1, 0.15) is 34.6 Å². The smallest absolute Gasteiger partial charge is 0.264 e. The lowest BCUT2D eigenvalue weighted by atomic mass is 9.89. The van der Waals surface area contributed by atoms with Crippen molar-refractivity contribution in [2.75, 3.05) is 24.4 Å². The van der Waals surface area contributed by atoms with Gasteiger partial charge in [-0.15, -0.1) is 0 Å². The second-order valence-electron chi connectivity index (χ2n) is 7.83. The lowest BCUT2D eigenvalue weighted by molar-refractivity contribution is 0.237. The Bertz CT molecular complexity index is 968. The molecule has 4 nitrogen and oxygen atoms in total. The molecule has 0 amide bonds. The SMILES string of the molecule is Cc1ccc2c(c1)[C@@H]1CN(C)CC[C@H]1N2S(=O)(=O)c1ccc(C)c(C)c1. The predicted molar refractivity (Wildman–Crippen MR) is 105 cm³/mol. The molecule has 4 rings (SSSR count). The fraction of sp³-hybridized carbons (Fsp3) is 0.429. The van der Waals surface area contributed by atoms with Crippen molar-refractivity contribution < 1.29 is 8.42 Å². The lowest BCUT2D eigenvalue weighted by Crippen LogP contribution is -2.47. The van der Waals surface area contributed by atoms with Crippen LogP contribution in [-0.2, 0) is 10.0 Å². The van der Waals surface area contributed by atoms with Crippen molar-refractivity contribution in [3.8, 4) is 0 Å². The number of likely N-dealkylation sites (N-methyl/N-ethyl adjacent to an activating group) is 1. The highest BCUT2D eigenvalue weighted by Crippen LogP contribution is 2.47. The van der Waals surface area contributed by atoms with Gasteiger partial charge < -0.3 is 4.90 Å². The van der Waals surface area contributed by atoms with Gasteiger partial charge in [-0.25, -0.2) is 8.42 Å². The molecule has 0 aromatic heterocycles. The van der Waals surface area contributed by atoms with Gasteiger partial charge in [-0.05, 0) is 75.7 Å². The quantitative estimate of drug-likeness (QED) is 0.811. The van der Waals surface area contributed by atoms with Crippen LogP contribution in [0.15, 0.2) is 41.3 Å². The zero-order chi connectivity index (χ0) is 18.6. The second-order valence-corrected chi connectivity index (χ2v) is 9.65. The van der Waals surface area contributed by atoms with E-state index in [4.69, 9.17) is 0 Å². The van der Waals surface area contributed by atoms with Crippen molar-refractivity contribution in [3.63, 3.8) is 0 Å². The summed E-state index contributed by atoms with van der Waals surface area (Å²) in [4.78, 5) is 2.70. The highest BCUT2D eigenvalue weighted by molar-refractivity contribution is 7.92. The van der Waals surface area contributed by atoms with E-state index in [1.165, 1.54) is 11.1 Å². The van der Waals surface area contributed by atoms with Crippen LogP contribution in [0.5, 0.6) is 0 Å². The Morgan fingerprint density at radius 1 is 1.00 bits per heavy atom. The van der Waals surface area contributed by atoms with Crippen molar-refractivity contribution in [1.29, 1.82) is 0 Å². The van der Waals surface area contributed by atoms with Crippen LogP contribution in [0, 0.1) is 20.8 Å². The standard InChI is InChI=1S/C21H26N2O2S/c1-14-5-8-20-18(11-14)19-13-22(4)10-9-21(19)23(20)26(24,25)17-7-6-15(2)16(3)12-17/h5-8,11-12,19,21H,9-10,13H2,1-4H3/t19-,21+/m0/s1. The number of sulfonamides is 1. The molecule has 1 saturated heterocycles. The molecule has 0 unspecified atom stereocenters. The molecule has 2 aliphatic rings. The first-order valence-electron chi connectivity index (χ1n) is 9.20. The van der Waals surface area contributed by atoms with Gasteiger partial charge in [0.15, 0.2) is 0 Å². The summed E-state index contributed by atoms with van der Waals surface area (Å²) < 4.78 is 28.9. The summed E-state index contributed by atoms with van der Waals surface area (Å²) in [5.74, 6) is 0.241. The van der Waals surface area contributed by atoms with Crippen LogP contribution in [-0.4, -0.2) is 39.5 Å². The molecule has 2 atom stereocenters.